The van der Waals surface area contributed by atoms with Crippen molar-refractivity contribution in [3.8, 4) is 22.5 Å². The quantitative estimate of drug-likeness (QED) is 0.719. The monoisotopic (exact) mass is 331 g/mol. The predicted octanol–water partition coefficient (Wildman–Crippen LogP) is 5.12. The van der Waals surface area contributed by atoms with Gasteiger partial charge in [0.05, 0.1) is 17.9 Å². The first-order chi connectivity index (χ1) is 12.4. The van der Waals surface area contributed by atoms with E-state index < -0.39 is 0 Å². The molecule has 1 saturated heterocycles. The Balaban J connectivity index is 1.68. The number of rotatable bonds is 4. The van der Waals surface area contributed by atoms with E-state index in [0.29, 0.717) is 0 Å². The number of hydrogen-bond donors (Lipinski definition) is 1. The van der Waals surface area contributed by atoms with Crippen LogP contribution in [0.5, 0.6) is 0 Å². The number of likely N-dealkylation sites (tertiary alicyclic amines) is 1. The molecule has 0 aliphatic carbocycles. The molecule has 0 unspecified atom stereocenters. The number of nitrogens with one attached hydrogen (secondary N) is 1. The summed E-state index contributed by atoms with van der Waals surface area (Å²) in [5.74, 6) is 1.07. The van der Waals surface area contributed by atoms with E-state index in [1.807, 2.05) is 0 Å². The van der Waals surface area contributed by atoms with Crippen LogP contribution in [0.15, 0.2) is 60.7 Å². The maximum Gasteiger partial charge on any atom is 0.121 e. The van der Waals surface area contributed by atoms with Crippen LogP contribution in [-0.2, 0) is 6.54 Å². The topological polar surface area (TPSA) is 31.9 Å². The van der Waals surface area contributed by atoms with Crippen LogP contribution in [-0.4, -0.2) is 28.0 Å². The van der Waals surface area contributed by atoms with Gasteiger partial charge in [-0.2, -0.15) is 0 Å². The highest BCUT2D eigenvalue weighted by Gasteiger charge is 2.16. The normalized spacial score (nSPS) is 15.8. The lowest BCUT2D eigenvalue weighted by molar-refractivity contribution is 0.271. The van der Waals surface area contributed by atoms with E-state index in [1.54, 1.807) is 0 Å². The van der Waals surface area contributed by atoms with Crippen molar-refractivity contribution >= 4 is 0 Å². The standard InChI is InChI=1S/C22H25N3/c1-2-10-16-25(15-9-1)17-20-23-21(18-11-5-3-6-12-18)22(24-20)19-13-7-4-8-14-19/h3-8,11-14H,1-2,9-10,15-17H2,(H,23,24). The summed E-state index contributed by atoms with van der Waals surface area (Å²) in [6, 6.07) is 21.0. The molecule has 3 aromatic rings. The molecule has 1 aliphatic heterocycles. The highest BCUT2D eigenvalue weighted by atomic mass is 15.1. The zero-order chi connectivity index (χ0) is 16.9. The number of nitrogens with zero attached hydrogens (tertiary/aromatic N) is 2. The molecule has 1 aromatic heterocycles. The first-order valence-corrected chi connectivity index (χ1v) is 9.32. The fourth-order valence-electron chi connectivity index (χ4n) is 3.62. The van der Waals surface area contributed by atoms with Gasteiger partial charge in [0, 0.05) is 11.1 Å². The van der Waals surface area contributed by atoms with Crippen molar-refractivity contribution in [1.29, 1.82) is 0 Å². The lowest BCUT2D eigenvalue weighted by atomic mass is 10.1. The van der Waals surface area contributed by atoms with E-state index in [2.05, 4.69) is 70.5 Å². The van der Waals surface area contributed by atoms with Gasteiger partial charge in [0.15, 0.2) is 0 Å². The van der Waals surface area contributed by atoms with E-state index in [1.165, 1.54) is 49.9 Å². The van der Waals surface area contributed by atoms with Gasteiger partial charge in [0.2, 0.25) is 0 Å². The number of benzene rings is 2. The van der Waals surface area contributed by atoms with E-state index >= 15 is 0 Å². The Hall–Kier alpha value is -2.39. The number of H-pyrrole nitrogens is 1. The van der Waals surface area contributed by atoms with Gasteiger partial charge in [-0.05, 0) is 25.9 Å². The van der Waals surface area contributed by atoms with Gasteiger partial charge in [-0.3, -0.25) is 4.90 Å². The van der Waals surface area contributed by atoms with Crippen molar-refractivity contribution in [2.75, 3.05) is 13.1 Å². The van der Waals surface area contributed by atoms with Crippen molar-refractivity contribution in [3.63, 3.8) is 0 Å². The van der Waals surface area contributed by atoms with Crippen LogP contribution in [0, 0.1) is 0 Å². The SMILES string of the molecule is c1ccc(-c2nc(CN3CCCCCC3)[nH]c2-c2ccccc2)cc1. The summed E-state index contributed by atoms with van der Waals surface area (Å²) in [5.41, 5.74) is 4.53. The Morgan fingerprint density at radius 1 is 0.760 bits per heavy atom. The Bertz CT molecular complexity index is 728. The predicted molar refractivity (Wildman–Crippen MR) is 103 cm³/mol. The van der Waals surface area contributed by atoms with Crippen LogP contribution < -0.4 is 0 Å². The molecule has 25 heavy (non-hydrogen) atoms. The van der Waals surface area contributed by atoms with Gasteiger partial charge in [-0.15, -0.1) is 0 Å². The van der Waals surface area contributed by atoms with Crippen LogP contribution >= 0.6 is 0 Å². The van der Waals surface area contributed by atoms with E-state index in [-0.39, 0.29) is 0 Å². The number of aromatic amines is 1. The Morgan fingerprint density at radius 3 is 2.00 bits per heavy atom. The minimum Gasteiger partial charge on any atom is -0.340 e. The van der Waals surface area contributed by atoms with Crippen molar-refractivity contribution in [1.82, 2.24) is 14.9 Å². The molecule has 4 rings (SSSR count). The zero-order valence-corrected chi connectivity index (χ0v) is 14.6. The third kappa shape index (κ3) is 3.83. The maximum absolute atomic E-state index is 4.98. The van der Waals surface area contributed by atoms with Crippen LogP contribution in [0.2, 0.25) is 0 Å². The molecule has 0 amide bonds. The largest absolute Gasteiger partial charge is 0.340 e. The minimum absolute atomic E-state index is 0.909. The maximum atomic E-state index is 4.98. The average molecular weight is 331 g/mol. The van der Waals surface area contributed by atoms with Crippen LogP contribution in [0.25, 0.3) is 22.5 Å². The summed E-state index contributed by atoms with van der Waals surface area (Å²) in [6.45, 7) is 3.27. The number of hydrogen-bond acceptors (Lipinski definition) is 2. The molecule has 1 aliphatic rings. The molecule has 1 fully saturated rings. The second kappa shape index (κ2) is 7.66. The van der Waals surface area contributed by atoms with Gasteiger partial charge < -0.3 is 4.98 Å². The van der Waals surface area contributed by atoms with Gasteiger partial charge in [0.1, 0.15) is 5.82 Å². The summed E-state index contributed by atoms with van der Waals surface area (Å²) in [4.78, 5) is 11.1. The molecular weight excluding hydrogens is 306 g/mol. The lowest BCUT2D eigenvalue weighted by Gasteiger charge is -2.17. The molecule has 2 heterocycles. The van der Waals surface area contributed by atoms with Gasteiger partial charge in [-0.25, -0.2) is 4.98 Å². The molecule has 0 radical (unpaired) electrons. The molecule has 3 nitrogen and oxygen atoms in total. The molecule has 2 aromatic carbocycles. The Labute approximate surface area is 149 Å². The Morgan fingerprint density at radius 2 is 1.36 bits per heavy atom. The summed E-state index contributed by atoms with van der Waals surface area (Å²) < 4.78 is 0. The van der Waals surface area contributed by atoms with Crippen LogP contribution in [0.4, 0.5) is 0 Å². The van der Waals surface area contributed by atoms with E-state index in [0.717, 1.165) is 23.8 Å². The molecule has 128 valence electrons. The first-order valence-electron chi connectivity index (χ1n) is 9.32. The van der Waals surface area contributed by atoms with E-state index in [4.69, 9.17) is 4.98 Å². The molecule has 3 heteroatoms. The number of aromatic nitrogens is 2. The zero-order valence-electron chi connectivity index (χ0n) is 14.6. The summed E-state index contributed by atoms with van der Waals surface area (Å²) in [5, 5.41) is 0. The van der Waals surface area contributed by atoms with Crippen LogP contribution in [0.1, 0.15) is 31.5 Å². The minimum atomic E-state index is 0.909. The third-order valence-electron chi connectivity index (χ3n) is 4.93. The highest BCUT2D eigenvalue weighted by molar-refractivity contribution is 5.78. The van der Waals surface area contributed by atoms with Crippen molar-refractivity contribution in [2.24, 2.45) is 0 Å². The molecule has 0 bridgehead atoms. The fraction of sp³-hybridized carbons (Fsp3) is 0.318. The molecular formula is C22H25N3. The molecule has 0 saturated carbocycles. The fourth-order valence-corrected chi connectivity index (χ4v) is 3.62. The second-order valence-electron chi connectivity index (χ2n) is 6.83. The number of imidazole rings is 1. The summed E-state index contributed by atoms with van der Waals surface area (Å²) >= 11 is 0. The summed E-state index contributed by atoms with van der Waals surface area (Å²) in [7, 11) is 0. The molecule has 0 spiro atoms. The first kappa shape index (κ1) is 16.1. The van der Waals surface area contributed by atoms with Crippen molar-refractivity contribution in [2.45, 2.75) is 32.2 Å². The highest BCUT2D eigenvalue weighted by Crippen LogP contribution is 2.30. The second-order valence-corrected chi connectivity index (χ2v) is 6.83. The van der Waals surface area contributed by atoms with Gasteiger partial charge >= 0.3 is 0 Å². The van der Waals surface area contributed by atoms with Crippen molar-refractivity contribution < 1.29 is 0 Å². The van der Waals surface area contributed by atoms with Gasteiger partial charge in [0.25, 0.3) is 0 Å². The average Bonchev–Trinajstić information content (AvgIpc) is 2.92. The lowest BCUT2D eigenvalue weighted by Crippen LogP contribution is -2.24. The smallest absolute Gasteiger partial charge is 0.121 e. The Kier molecular flexibility index (Phi) is 4.93. The summed E-state index contributed by atoms with van der Waals surface area (Å²) in [6.07, 6.45) is 5.33. The molecule has 1 N–H and O–H groups in total. The van der Waals surface area contributed by atoms with Gasteiger partial charge in [-0.1, -0.05) is 73.5 Å². The molecule has 0 atom stereocenters. The third-order valence-corrected chi connectivity index (χ3v) is 4.93. The van der Waals surface area contributed by atoms with E-state index in [9.17, 15) is 0 Å². The van der Waals surface area contributed by atoms with Crippen LogP contribution in [0.3, 0.4) is 0 Å². The van der Waals surface area contributed by atoms with Crippen molar-refractivity contribution in [3.05, 3.63) is 66.5 Å².